The summed E-state index contributed by atoms with van der Waals surface area (Å²) in [6.45, 7) is 8.22. The average molecular weight is 330 g/mol. The van der Waals surface area contributed by atoms with Crippen LogP contribution >= 0.6 is 0 Å². The Bertz CT molecular complexity index is 558. The van der Waals surface area contributed by atoms with Crippen LogP contribution in [0.4, 0.5) is 0 Å². The van der Waals surface area contributed by atoms with Gasteiger partial charge in [0.1, 0.15) is 0 Å². The van der Waals surface area contributed by atoms with Gasteiger partial charge in [0.25, 0.3) is 0 Å². The third-order valence-corrected chi connectivity index (χ3v) is 5.63. The van der Waals surface area contributed by atoms with E-state index in [0.717, 1.165) is 19.4 Å². The maximum Gasteiger partial charge on any atom is 0.221 e. The summed E-state index contributed by atoms with van der Waals surface area (Å²) in [7, 11) is 0. The Balaban J connectivity index is 1.38. The van der Waals surface area contributed by atoms with Gasteiger partial charge in [-0.05, 0) is 25.3 Å². The zero-order valence-corrected chi connectivity index (χ0v) is 15.0. The third-order valence-electron chi connectivity index (χ3n) is 5.63. The van der Waals surface area contributed by atoms with Crippen molar-refractivity contribution in [2.75, 3.05) is 13.2 Å². The highest BCUT2D eigenvalue weighted by Crippen LogP contribution is 2.52. The Kier molecular flexibility index (Phi) is 5.26. The zero-order valence-electron chi connectivity index (χ0n) is 15.0. The molecule has 1 aliphatic carbocycles. The molecule has 1 aromatic carbocycles. The highest BCUT2D eigenvalue weighted by Gasteiger charge is 2.59. The lowest BCUT2D eigenvalue weighted by Crippen LogP contribution is -2.67. The Morgan fingerprint density at radius 2 is 2.08 bits per heavy atom. The molecule has 0 aromatic heterocycles. The van der Waals surface area contributed by atoms with Gasteiger partial charge < -0.3 is 15.4 Å². The van der Waals surface area contributed by atoms with Gasteiger partial charge in [-0.1, -0.05) is 44.2 Å². The highest BCUT2D eigenvalue weighted by atomic mass is 16.5. The summed E-state index contributed by atoms with van der Waals surface area (Å²) in [6.07, 6.45) is 2.94. The Morgan fingerprint density at radius 3 is 2.83 bits per heavy atom. The molecule has 2 aliphatic rings. The van der Waals surface area contributed by atoms with Gasteiger partial charge in [-0.2, -0.15) is 0 Å². The normalized spacial score (nSPS) is 28.7. The minimum absolute atomic E-state index is 0.127. The largest absolute Gasteiger partial charge is 0.377 e. The maximum atomic E-state index is 12.1. The van der Waals surface area contributed by atoms with E-state index in [1.54, 1.807) is 0 Å². The van der Waals surface area contributed by atoms with E-state index in [1.807, 2.05) is 18.2 Å². The van der Waals surface area contributed by atoms with E-state index in [4.69, 9.17) is 4.74 Å². The topological polar surface area (TPSA) is 50.4 Å². The van der Waals surface area contributed by atoms with Crippen LogP contribution in [0, 0.1) is 11.3 Å². The van der Waals surface area contributed by atoms with Gasteiger partial charge in [0.05, 0.1) is 6.10 Å². The monoisotopic (exact) mass is 330 g/mol. The van der Waals surface area contributed by atoms with E-state index in [-0.39, 0.29) is 17.4 Å². The van der Waals surface area contributed by atoms with Crippen LogP contribution in [0.25, 0.3) is 0 Å². The molecule has 0 unspecified atom stereocenters. The molecule has 1 saturated heterocycles. The number of benzene rings is 1. The summed E-state index contributed by atoms with van der Waals surface area (Å²) in [5.74, 6) is 0.742. The molecular formula is C20H30N2O2. The number of fused-ring (bicyclic) bond motifs is 1. The van der Waals surface area contributed by atoms with Crippen molar-refractivity contribution in [2.45, 2.75) is 58.2 Å². The molecule has 1 aromatic rings. The molecule has 0 radical (unpaired) electrons. The van der Waals surface area contributed by atoms with Crippen molar-refractivity contribution >= 4 is 5.91 Å². The molecule has 24 heavy (non-hydrogen) atoms. The average Bonchev–Trinajstić information content (AvgIpc) is 3.01. The number of rotatable bonds is 7. The fraction of sp³-hybridized carbons (Fsp3) is 0.650. The predicted molar refractivity (Wildman–Crippen MR) is 95.8 cm³/mol. The number of carbonyl (C=O) groups excluding carboxylic acids is 1. The van der Waals surface area contributed by atoms with Crippen molar-refractivity contribution in [1.29, 1.82) is 0 Å². The second kappa shape index (κ2) is 7.24. The summed E-state index contributed by atoms with van der Waals surface area (Å²) in [4.78, 5) is 12.1. The molecule has 1 heterocycles. The Morgan fingerprint density at radius 1 is 1.33 bits per heavy atom. The predicted octanol–water partition coefficient (Wildman–Crippen LogP) is 2.53. The first-order valence-corrected chi connectivity index (χ1v) is 9.17. The van der Waals surface area contributed by atoms with Crippen LogP contribution < -0.4 is 10.6 Å². The van der Waals surface area contributed by atoms with E-state index in [0.29, 0.717) is 31.0 Å². The molecule has 4 nitrogen and oxygen atoms in total. The molecule has 2 fully saturated rings. The molecule has 1 saturated carbocycles. The number of hydrogen-bond acceptors (Lipinski definition) is 3. The van der Waals surface area contributed by atoms with Gasteiger partial charge in [-0.3, -0.25) is 4.79 Å². The van der Waals surface area contributed by atoms with Gasteiger partial charge in [0, 0.05) is 43.0 Å². The SMILES string of the molecule is C[C@H](CC(=O)NCCc1ccccc1)N[C@@H]1[C@@H]2CCO[C@@H]2C1(C)C. The Labute approximate surface area is 145 Å². The number of carbonyl (C=O) groups is 1. The lowest BCUT2D eigenvalue weighted by atomic mass is 9.57. The second-order valence-electron chi connectivity index (χ2n) is 7.90. The van der Waals surface area contributed by atoms with Crippen molar-refractivity contribution in [3.05, 3.63) is 35.9 Å². The number of amides is 1. The molecule has 4 heteroatoms. The number of ether oxygens (including phenoxy) is 1. The molecule has 1 aliphatic heterocycles. The zero-order chi connectivity index (χ0) is 17.2. The van der Waals surface area contributed by atoms with Crippen molar-refractivity contribution in [3.63, 3.8) is 0 Å². The first-order valence-electron chi connectivity index (χ1n) is 9.17. The Hall–Kier alpha value is -1.39. The standard InChI is InChI=1S/C20H30N2O2/c1-14(22-18-16-10-12-24-19(16)20(18,2)3)13-17(23)21-11-9-15-7-5-4-6-8-15/h4-8,14,16,18-19,22H,9-13H2,1-3H3,(H,21,23)/t14-,16+,18-,19+/m1/s1. The van der Waals surface area contributed by atoms with E-state index in [1.165, 1.54) is 5.56 Å². The van der Waals surface area contributed by atoms with Crippen LogP contribution in [0.3, 0.4) is 0 Å². The lowest BCUT2D eigenvalue weighted by molar-refractivity contribution is -0.124. The number of hydrogen-bond donors (Lipinski definition) is 2. The van der Waals surface area contributed by atoms with E-state index in [9.17, 15) is 4.79 Å². The summed E-state index contributed by atoms with van der Waals surface area (Å²) >= 11 is 0. The van der Waals surface area contributed by atoms with Crippen LogP contribution in [0.2, 0.25) is 0 Å². The second-order valence-corrected chi connectivity index (χ2v) is 7.90. The van der Waals surface area contributed by atoms with Crippen LogP contribution in [-0.4, -0.2) is 37.2 Å². The lowest BCUT2D eigenvalue weighted by Gasteiger charge is -2.55. The molecule has 2 N–H and O–H groups in total. The van der Waals surface area contributed by atoms with Gasteiger partial charge in [0.2, 0.25) is 5.91 Å². The van der Waals surface area contributed by atoms with E-state index < -0.39 is 0 Å². The van der Waals surface area contributed by atoms with Crippen molar-refractivity contribution in [2.24, 2.45) is 11.3 Å². The summed E-state index contributed by atoms with van der Waals surface area (Å²) in [6, 6.07) is 10.9. The minimum atomic E-state index is 0.127. The fourth-order valence-electron chi connectivity index (χ4n) is 4.37. The van der Waals surface area contributed by atoms with Crippen molar-refractivity contribution in [3.8, 4) is 0 Å². The summed E-state index contributed by atoms with van der Waals surface area (Å²) in [5.41, 5.74) is 1.42. The van der Waals surface area contributed by atoms with Crippen LogP contribution in [-0.2, 0) is 16.0 Å². The molecule has 0 bridgehead atoms. The van der Waals surface area contributed by atoms with E-state index >= 15 is 0 Å². The minimum Gasteiger partial charge on any atom is -0.377 e. The smallest absolute Gasteiger partial charge is 0.221 e. The summed E-state index contributed by atoms with van der Waals surface area (Å²) < 4.78 is 5.84. The number of nitrogens with one attached hydrogen (secondary N) is 2. The van der Waals surface area contributed by atoms with Crippen molar-refractivity contribution < 1.29 is 9.53 Å². The molecule has 3 rings (SSSR count). The first kappa shape index (κ1) is 17.4. The first-order chi connectivity index (χ1) is 11.5. The molecule has 132 valence electrons. The van der Waals surface area contributed by atoms with Crippen molar-refractivity contribution in [1.82, 2.24) is 10.6 Å². The van der Waals surface area contributed by atoms with Gasteiger partial charge in [-0.25, -0.2) is 0 Å². The van der Waals surface area contributed by atoms with Gasteiger partial charge >= 0.3 is 0 Å². The van der Waals surface area contributed by atoms with Crippen LogP contribution in [0.1, 0.15) is 39.2 Å². The van der Waals surface area contributed by atoms with Gasteiger partial charge in [-0.15, -0.1) is 0 Å². The highest BCUT2D eigenvalue weighted by molar-refractivity contribution is 5.76. The molecule has 1 amide bonds. The fourth-order valence-corrected chi connectivity index (χ4v) is 4.37. The quantitative estimate of drug-likeness (QED) is 0.808. The van der Waals surface area contributed by atoms with Crippen LogP contribution in [0.15, 0.2) is 30.3 Å². The molecule has 4 atom stereocenters. The van der Waals surface area contributed by atoms with Crippen LogP contribution in [0.5, 0.6) is 0 Å². The maximum absolute atomic E-state index is 12.1. The van der Waals surface area contributed by atoms with E-state index in [2.05, 4.69) is 43.5 Å². The van der Waals surface area contributed by atoms with Gasteiger partial charge in [0.15, 0.2) is 0 Å². The molecular weight excluding hydrogens is 300 g/mol. The third kappa shape index (κ3) is 3.65. The molecule has 0 spiro atoms. The summed E-state index contributed by atoms with van der Waals surface area (Å²) in [5, 5.41) is 6.71.